The van der Waals surface area contributed by atoms with E-state index in [1.54, 1.807) is 6.07 Å². The topological polar surface area (TPSA) is 12.9 Å². The summed E-state index contributed by atoms with van der Waals surface area (Å²) in [6, 6.07) is 10.0. The van der Waals surface area contributed by atoms with E-state index in [-0.39, 0.29) is 6.42 Å². The number of halogens is 5. The largest absolute Gasteiger partial charge is 0.252 e. The molecule has 0 N–H and O–H groups in total. The van der Waals surface area contributed by atoms with Gasteiger partial charge in [-0.1, -0.05) is 30.3 Å². The first-order valence-corrected chi connectivity index (χ1v) is 7.09. The fourth-order valence-electron chi connectivity index (χ4n) is 3.02. The Morgan fingerprint density at radius 3 is 2.17 bits per heavy atom. The van der Waals surface area contributed by atoms with Gasteiger partial charge in [-0.25, -0.2) is 18.2 Å². The summed E-state index contributed by atoms with van der Waals surface area (Å²) in [5.41, 5.74) is 1.38. The van der Waals surface area contributed by atoms with Crippen molar-refractivity contribution < 1.29 is 22.0 Å². The van der Waals surface area contributed by atoms with E-state index in [1.807, 2.05) is 24.3 Å². The van der Waals surface area contributed by atoms with Gasteiger partial charge in [0.1, 0.15) is 11.5 Å². The molecule has 0 spiro atoms. The van der Waals surface area contributed by atoms with Gasteiger partial charge in [-0.05, 0) is 22.8 Å². The highest BCUT2D eigenvalue weighted by atomic mass is 19.2. The molecule has 6 heteroatoms. The van der Waals surface area contributed by atoms with Crippen molar-refractivity contribution in [2.75, 3.05) is 0 Å². The molecule has 2 aromatic carbocycles. The Hall–Kier alpha value is -2.76. The van der Waals surface area contributed by atoms with Gasteiger partial charge in [-0.15, -0.1) is 0 Å². The van der Waals surface area contributed by atoms with E-state index < -0.39 is 40.5 Å². The summed E-state index contributed by atoms with van der Waals surface area (Å²) in [5, 5.41) is 0. The minimum absolute atomic E-state index is 0.277. The zero-order chi connectivity index (χ0) is 17.0. The zero-order valence-electron chi connectivity index (χ0n) is 12.0. The van der Waals surface area contributed by atoms with Crippen LogP contribution in [-0.4, -0.2) is 4.98 Å². The standard InChI is InChI=1S/C18H8F5N/c19-13-11(17-15(21)14(20)16(22)18(23)24-17)6-5-10-9-4-2-1-3-8(9)7-12(10)13/h1-6H,7H2. The van der Waals surface area contributed by atoms with Crippen molar-refractivity contribution in [1.82, 2.24) is 4.98 Å². The lowest BCUT2D eigenvalue weighted by Gasteiger charge is -2.09. The lowest BCUT2D eigenvalue weighted by molar-refractivity contribution is 0.393. The number of benzene rings is 2. The highest BCUT2D eigenvalue weighted by Gasteiger charge is 2.27. The van der Waals surface area contributed by atoms with Crippen LogP contribution in [-0.2, 0) is 6.42 Å². The third kappa shape index (κ3) is 1.95. The van der Waals surface area contributed by atoms with Crippen LogP contribution >= 0.6 is 0 Å². The van der Waals surface area contributed by atoms with Gasteiger partial charge in [0.2, 0.25) is 11.6 Å². The number of rotatable bonds is 1. The molecule has 24 heavy (non-hydrogen) atoms. The lowest BCUT2D eigenvalue weighted by atomic mass is 10.0. The Kier molecular flexibility index (Phi) is 3.16. The molecule has 1 heterocycles. The Bertz CT molecular complexity index is 997. The van der Waals surface area contributed by atoms with Crippen LogP contribution < -0.4 is 0 Å². The average Bonchev–Trinajstić information content (AvgIpc) is 2.97. The predicted molar refractivity (Wildman–Crippen MR) is 77.7 cm³/mol. The molecule has 1 aliphatic carbocycles. The molecular formula is C18H8F5N. The molecule has 0 aliphatic heterocycles. The number of nitrogens with zero attached hydrogens (tertiary/aromatic N) is 1. The lowest BCUT2D eigenvalue weighted by Crippen LogP contribution is -2.05. The quantitative estimate of drug-likeness (QED) is 0.352. The second kappa shape index (κ2) is 5.12. The van der Waals surface area contributed by atoms with Gasteiger partial charge in [0.25, 0.3) is 5.95 Å². The molecule has 4 rings (SSSR count). The van der Waals surface area contributed by atoms with E-state index in [0.29, 0.717) is 11.1 Å². The molecule has 3 aromatic rings. The minimum atomic E-state index is -2.02. The van der Waals surface area contributed by atoms with Crippen molar-refractivity contribution in [3.05, 3.63) is 76.7 Å². The van der Waals surface area contributed by atoms with Gasteiger partial charge in [0.05, 0.1) is 0 Å². The van der Waals surface area contributed by atoms with Crippen molar-refractivity contribution in [3.63, 3.8) is 0 Å². The summed E-state index contributed by atoms with van der Waals surface area (Å²) in [6.45, 7) is 0. The van der Waals surface area contributed by atoms with E-state index in [9.17, 15) is 22.0 Å². The Morgan fingerprint density at radius 2 is 1.38 bits per heavy atom. The van der Waals surface area contributed by atoms with Gasteiger partial charge < -0.3 is 0 Å². The van der Waals surface area contributed by atoms with Crippen LogP contribution in [0.2, 0.25) is 0 Å². The number of fused-ring (bicyclic) bond motifs is 3. The highest BCUT2D eigenvalue weighted by molar-refractivity contribution is 5.80. The molecule has 0 radical (unpaired) electrons. The first kappa shape index (κ1) is 14.8. The molecule has 0 unspecified atom stereocenters. The smallest absolute Gasteiger partial charge is 0.214 e. The van der Waals surface area contributed by atoms with Gasteiger partial charge >= 0.3 is 0 Å². The van der Waals surface area contributed by atoms with Crippen LogP contribution in [0.5, 0.6) is 0 Å². The van der Waals surface area contributed by atoms with E-state index in [4.69, 9.17) is 0 Å². The molecule has 0 bridgehead atoms. The van der Waals surface area contributed by atoms with E-state index >= 15 is 0 Å². The predicted octanol–water partition coefficient (Wildman–Crippen LogP) is 5.02. The molecule has 0 saturated carbocycles. The summed E-state index contributed by atoms with van der Waals surface area (Å²) in [7, 11) is 0. The average molecular weight is 333 g/mol. The van der Waals surface area contributed by atoms with Crippen LogP contribution in [0, 0.1) is 29.2 Å². The third-order valence-electron chi connectivity index (χ3n) is 4.16. The second-order valence-electron chi connectivity index (χ2n) is 5.48. The van der Waals surface area contributed by atoms with E-state index in [2.05, 4.69) is 4.98 Å². The normalized spacial score (nSPS) is 12.2. The zero-order valence-corrected chi connectivity index (χ0v) is 12.0. The summed E-state index contributed by atoms with van der Waals surface area (Å²) in [4.78, 5) is 3.04. The summed E-state index contributed by atoms with van der Waals surface area (Å²) in [5.74, 6) is -8.39. The van der Waals surface area contributed by atoms with Gasteiger partial charge in [0, 0.05) is 17.5 Å². The number of aromatic nitrogens is 1. The molecule has 1 aliphatic rings. The van der Waals surface area contributed by atoms with E-state index in [0.717, 1.165) is 11.1 Å². The van der Waals surface area contributed by atoms with Crippen molar-refractivity contribution in [1.29, 1.82) is 0 Å². The fraction of sp³-hybridized carbons (Fsp3) is 0.0556. The van der Waals surface area contributed by atoms with E-state index in [1.165, 1.54) is 6.07 Å². The van der Waals surface area contributed by atoms with Gasteiger partial charge in [-0.3, -0.25) is 0 Å². The summed E-state index contributed by atoms with van der Waals surface area (Å²) >= 11 is 0. The maximum absolute atomic E-state index is 14.8. The summed E-state index contributed by atoms with van der Waals surface area (Å²) in [6.07, 6.45) is 0.277. The summed E-state index contributed by atoms with van der Waals surface area (Å²) < 4.78 is 68.5. The molecule has 1 nitrogen and oxygen atoms in total. The second-order valence-corrected chi connectivity index (χ2v) is 5.48. The Labute approximate surface area is 133 Å². The van der Waals surface area contributed by atoms with Crippen molar-refractivity contribution in [2.24, 2.45) is 0 Å². The highest BCUT2D eigenvalue weighted by Crippen LogP contribution is 2.41. The van der Waals surface area contributed by atoms with Crippen molar-refractivity contribution in [3.8, 4) is 22.4 Å². The minimum Gasteiger partial charge on any atom is -0.214 e. The molecule has 0 fully saturated rings. The van der Waals surface area contributed by atoms with Gasteiger partial charge in [-0.2, -0.15) is 8.78 Å². The van der Waals surface area contributed by atoms with Crippen molar-refractivity contribution in [2.45, 2.75) is 6.42 Å². The third-order valence-corrected chi connectivity index (χ3v) is 4.16. The van der Waals surface area contributed by atoms with Crippen LogP contribution in [0.4, 0.5) is 22.0 Å². The van der Waals surface area contributed by atoms with Crippen LogP contribution in [0.15, 0.2) is 36.4 Å². The van der Waals surface area contributed by atoms with Crippen LogP contribution in [0.3, 0.4) is 0 Å². The fourth-order valence-corrected chi connectivity index (χ4v) is 3.02. The molecule has 120 valence electrons. The Balaban J connectivity index is 1.93. The van der Waals surface area contributed by atoms with Gasteiger partial charge in [0.15, 0.2) is 5.82 Å². The van der Waals surface area contributed by atoms with Crippen LogP contribution in [0.1, 0.15) is 11.1 Å². The maximum atomic E-state index is 14.8. The first-order chi connectivity index (χ1) is 11.5. The SMILES string of the molecule is Fc1nc(-c2ccc3c(c2F)Cc2ccccc2-3)c(F)c(F)c1F. The monoisotopic (exact) mass is 333 g/mol. The van der Waals surface area contributed by atoms with Crippen molar-refractivity contribution >= 4 is 0 Å². The van der Waals surface area contributed by atoms with Crippen LogP contribution in [0.25, 0.3) is 22.4 Å². The molecule has 1 aromatic heterocycles. The number of hydrogen-bond acceptors (Lipinski definition) is 1. The molecule has 0 saturated heterocycles. The number of pyridine rings is 1. The molecule has 0 amide bonds. The molecular weight excluding hydrogens is 325 g/mol. The molecule has 0 atom stereocenters. The Morgan fingerprint density at radius 1 is 0.667 bits per heavy atom. The first-order valence-electron chi connectivity index (χ1n) is 7.09. The number of hydrogen-bond donors (Lipinski definition) is 0. The maximum Gasteiger partial charge on any atom is 0.252 e.